The fraction of sp³-hybridized carbons (Fsp3) is 0.500. The van der Waals surface area contributed by atoms with E-state index in [2.05, 4.69) is 9.72 Å². The van der Waals surface area contributed by atoms with Gasteiger partial charge in [0.15, 0.2) is 11.6 Å². The highest BCUT2D eigenvalue weighted by Gasteiger charge is 2.11. The first-order valence-corrected chi connectivity index (χ1v) is 4.00. The summed E-state index contributed by atoms with van der Waals surface area (Å²) in [6, 6.07) is 0. The monoisotopic (exact) mass is 184 g/mol. The van der Waals surface area contributed by atoms with Gasteiger partial charge in [0.2, 0.25) is 0 Å². The van der Waals surface area contributed by atoms with Crippen molar-refractivity contribution < 1.29 is 13.9 Å². The van der Waals surface area contributed by atoms with Gasteiger partial charge < -0.3 is 14.9 Å². The van der Waals surface area contributed by atoms with Crippen molar-refractivity contribution >= 4 is 5.97 Å². The van der Waals surface area contributed by atoms with Crippen molar-refractivity contribution in [2.24, 2.45) is 5.73 Å². The predicted octanol–water partition coefficient (Wildman–Crippen LogP) is 0.353. The zero-order valence-electron chi connectivity index (χ0n) is 7.45. The van der Waals surface area contributed by atoms with Crippen LogP contribution in [0, 0.1) is 0 Å². The molecule has 5 nitrogen and oxygen atoms in total. The lowest BCUT2D eigenvalue weighted by Gasteiger charge is -1.91. The molecule has 1 heterocycles. The van der Waals surface area contributed by atoms with Crippen LogP contribution in [-0.4, -0.2) is 24.6 Å². The first-order chi connectivity index (χ1) is 6.27. The molecule has 0 radical (unpaired) electrons. The number of nitrogens with zero attached hydrogens (tertiary/aromatic N) is 1. The molecule has 0 saturated carbocycles. The third-order valence-electron chi connectivity index (χ3n) is 1.54. The number of rotatable bonds is 4. The van der Waals surface area contributed by atoms with Gasteiger partial charge in [-0.2, -0.15) is 0 Å². The Morgan fingerprint density at radius 1 is 1.77 bits per heavy atom. The lowest BCUT2D eigenvalue weighted by Crippen LogP contribution is -2.03. The Kier molecular flexibility index (Phi) is 3.45. The smallest absolute Gasteiger partial charge is 0.360 e. The van der Waals surface area contributed by atoms with E-state index < -0.39 is 5.97 Å². The van der Waals surface area contributed by atoms with E-state index in [1.807, 2.05) is 0 Å². The van der Waals surface area contributed by atoms with Gasteiger partial charge in [0.1, 0.15) is 6.26 Å². The van der Waals surface area contributed by atoms with Crippen LogP contribution in [0.5, 0.6) is 0 Å². The third-order valence-corrected chi connectivity index (χ3v) is 1.54. The van der Waals surface area contributed by atoms with Crippen molar-refractivity contribution in [1.29, 1.82) is 0 Å². The highest BCUT2D eigenvalue weighted by atomic mass is 16.5. The molecule has 1 aromatic rings. The van der Waals surface area contributed by atoms with E-state index in [4.69, 9.17) is 10.2 Å². The quantitative estimate of drug-likeness (QED) is 0.683. The molecule has 2 N–H and O–H groups in total. The van der Waals surface area contributed by atoms with Gasteiger partial charge in [-0.15, -0.1) is 0 Å². The molecule has 5 heteroatoms. The number of hydrogen-bond donors (Lipinski definition) is 1. The van der Waals surface area contributed by atoms with Crippen LogP contribution < -0.4 is 5.73 Å². The number of carbonyl (C=O) groups excluding carboxylic acids is 1. The first-order valence-electron chi connectivity index (χ1n) is 4.00. The van der Waals surface area contributed by atoms with Crippen LogP contribution in [0.4, 0.5) is 0 Å². The zero-order valence-corrected chi connectivity index (χ0v) is 7.45. The van der Waals surface area contributed by atoms with Crippen LogP contribution in [0.25, 0.3) is 0 Å². The van der Waals surface area contributed by atoms with Gasteiger partial charge in [-0.1, -0.05) is 0 Å². The van der Waals surface area contributed by atoms with Gasteiger partial charge in [-0.3, -0.25) is 0 Å². The van der Waals surface area contributed by atoms with Gasteiger partial charge in [0, 0.05) is 6.42 Å². The molecule has 0 atom stereocenters. The molecular formula is C8H12N2O3. The maximum atomic E-state index is 10.9. The van der Waals surface area contributed by atoms with Crippen molar-refractivity contribution in [3.8, 4) is 0 Å². The Hall–Kier alpha value is -1.36. The Labute approximate surface area is 75.9 Å². The van der Waals surface area contributed by atoms with E-state index in [0.29, 0.717) is 18.9 Å². The van der Waals surface area contributed by atoms with Crippen LogP contribution in [-0.2, 0) is 11.2 Å². The fourth-order valence-electron chi connectivity index (χ4n) is 0.877. The molecule has 0 aromatic carbocycles. The minimum Gasteiger partial charge on any atom is -0.464 e. The molecule has 0 aliphatic heterocycles. The van der Waals surface area contributed by atoms with Crippen LogP contribution in [0.3, 0.4) is 0 Å². The minimum atomic E-state index is -0.484. The molecule has 72 valence electrons. The molecule has 1 aromatic heterocycles. The second-order valence-corrected chi connectivity index (χ2v) is 2.51. The summed E-state index contributed by atoms with van der Waals surface area (Å²) in [7, 11) is 1.30. The lowest BCUT2D eigenvalue weighted by molar-refractivity contribution is 0.0594. The molecule has 0 bridgehead atoms. The van der Waals surface area contributed by atoms with Crippen LogP contribution in [0.15, 0.2) is 10.7 Å². The van der Waals surface area contributed by atoms with Crippen molar-refractivity contribution in [3.05, 3.63) is 17.8 Å². The Balaban J connectivity index is 2.58. The summed E-state index contributed by atoms with van der Waals surface area (Å²) in [6.45, 7) is 0.579. The summed E-state index contributed by atoms with van der Waals surface area (Å²) < 4.78 is 9.49. The molecule has 1 rings (SSSR count). The Bertz CT molecular complexity index is 283. The number of aryl methyl sites for hydroxylation is 1. The first kappa shape index (κ1) is 9.73. The number of methoxy groups -OCH3 is 1. The normalized spacial score (nSPS) is 10.0. The van der Waals surface area contributed by atoms with E-state index in [-0.39, 0.29) is 5.69 Å². The van der Waals surface area contributed by atoms with Gasteiger partial charge in [0.05, 0.1) is 7.11 Å². The Morgan fingerprint density at radius 3 is 3.15 bits per heavy atom. The highest BCUT2D eigenvalue weighted by molar-refractivity contribution is 5.86. The average molecular weight is 184 g/mol. The number of aromatic nitrogens is 1. The standard InChI is InChI=1S/C8H12N2O3/c1-12-8(11)6-5-13-7(10-6)3-2-4-9/h5H,2-4,9H2,1H3. The summed E-state index contributed by atoms with van der Waals surface area (Å²) >= 11 is 0. The maximum absolute atomic E-state index is 10.9. The number of esters is 1. The predicted molar refractivity (Wildman–Crippen MR) is 45.2 cm³/mol. The summed E-state index contributed by atoms with van der Waals surface area (Å²) in [5.74, 6) is 0.0357. The van der Waals surface area contributed by atoms with Crippen molar-refractivity contribution in [1.82, 2.24) is 4.98 Å². The third kappa shape index (κ3) is 2.55. The van der Waals surface area contributed by atoms with Crippen LogP contribution in [0.1, 0.15) is 22.8 Å². The number of carbonyl (C=O) groups is 1. The number of ether oxygens (including phenoxy) is 1. The van der Waals surface area contributed by atoms with Crippen molar-refractivity contribution in [2.45, 2.75) is 12.8 Å². The topological polar surface area (TPSA) is 78.3 Å². The summed E-state index contributed by atoms with van der Waals surface area (Å²) in [5, 5.41) is 0. The van der Waals surface area contributed by atoms with E-state index >= 15 is 0 Å². The molecule has 0 aliphatic carbocycles. The van der Waals surface area contributed by atoms with E-state index in [0.717, 1.165) is 6.42 Å². The molecule has 0 spiro atoms. The molecule has 13 heavy (non-hydrogen) atoms. The summed E-state index contributed by atoms with van der Waals surface area (Å²) in [4.78, 5) is 14.9. The number of hydrogen-bond acceptors (Lipinski definition) is 5. The minimum absolute atomic E-state index is 0.203. The van der Waals surface area contributed by atoms with Gasteiger partial charge in [0.25, 0.3) is 0 Å². The largest absolute Gasteiger partial charge is 0.464 e. The molecule has 0 saturated heterocycles. The van der Waals surface area contributed by atoms with Gasteiger partial charge in [-0.05, 0) is 13.0 Å². The second kappa shape index (κ2) is 4.61. The Morgan fingerprint density at radius 2 is 2.54 bits per heavy atom. The lowest BCUT2D eigenvalue weighted by atomic mass is 10.3. The van der Waals surface area contributed by atoms with Crippen molar-refractivity contribution in [3.63, 3.8) is 0 Å². The van der Waals surface area contributed by atoms with Crippen molar-refractivity contribution in [2.75, 3.05) is 13.7 Å². The van der Waals surface area contributed by atoms with E-state index in [1.54, 1.807) is 0 Å². The van der Waals surface area contributed by atoms with Gasteiger partial charge >= 0.3 is 5.97 Å². The summed E-state index contributed by atoms with van der Waals surface area (Å²) in [5.41, 5.74) is 5.51. The number of oxazole rings is 1. The SMILES string of the molecule is COC(=O)c1coc(CCCN)n1. The molecule has 0 amide bonds. The van der Waals surface area contributed by atoms with Crippen LogP contribution in [0.2, 0.25) is 0 Å². The number of nitrogens with two attached hydrogens (primary N) is 1. The zero-order chi connectivity index (χ0) is 9.68. The fourth-order valence-corrected chi connectivity index (χ4v) is 0.877. The summed E-state index contributed by atoms with van der Waals surface area (Å²) in [6.07, 6.45) is 2.73. The molecule has 0 unspecified atom stereocenters. The maximum Gasteiger partial charge on any atom is 0.360 e. The molecular weight excluding hydrogens is 172 g/mol. The van der Waals surface area contributed by atoms with E-state index in [9.17, 15) is 4.79 Å². The van der Waals surface area contributed by atoms with Crippen LogP contribution >= 0.6 is 0 Å². The molecule has 0 fully saturated rings. The van der Waals surface area contributed by atoms with E-state index in [1.165, 1.54) is 13.4 Å². The highest BCUT2D eigenvalue weighted by Crippen LogP contribution is 2.05. The average Bonchev–Trinajstić information content (AvgIpc) is 2.62. The molecule has 0 aliphatic rings. The second-order valence-electron chi connectivity index (χ2n) is 2.51. The van der Waals surface area contributed by atoms with Gasteiger partial charge in [-0.25, -0.2) is 9.78 Å².